The maximum atomic E-state index is 11.8. The van der Waals surface area contributed by atoms with Crippen molar-refractivity contribution in [2.75, 3.05) is 0 Å². The van der Waals surface area contributed by atoms with Crippen molar-refractivity contribution in [1.29, 1.82) is 0 Å². The van der Waals surface area contributed by atoms with Gasteiger partial charge in [-0.2, -0.15) is 0 Å². The second kappa shape index (κ2) is 3.90. The number of fused-ring (bicyclic) bond motifs is 2. The molecule has 2 aliphatic rings. The molecule has 3 atom stereocenters. The SMILES string of the molecule is CC(C(=O)OC1C[C@H]2CC[C@@]1(C)C2(C)C)=C(O)O. The summed E-state index contributed by atoms with van der Waals surface area (Å²) < 4.78 is 5.49. The normalized spacial score (nSPS) is 36.4. The Kier molecular flexibility index (Phi) is 2.87. The zero-order valence-corrected chi connectivity index (χ0v) is 11.5. The topological polar surface area (TPSA) is 66.8 Å². The lowest BCUT2D eigenvalue weighted by Crippen LogP contribution is -2.38. The summed E-state index contributed by atoms with van der Waals surface area (Å²) in [6.07, 6.45) is 3.02. The fourth-order valence-electron chi connectivity index (χ4n) is 3.62. The van der Waals surface area contributed by atoms with E-state index in [-0.39, 0.29) is 22.5 Å². The van der Waals surface area contributed by atoms with Crippen molar-refractivity contribution in [3.63, 3.8) is 0 Å². The van der Waals surface area contributed by atoms with Crippen LogP contribution in [0.15, 0.2) is 11.5 Å². The molecular formula is C14H22O4. The first-order valence-corrected chi connectivity index (χ1v) is 6.50. The Morgan fingerprint density at radius 1 is 1.28 bits per heavy atom. The van der Waals surface area contributed by atoms with E-state index in [4.69, 9.17) is 14.9 Å². The van der Waals surface area contributed by atoms with Crippen molar-refractivity contribution in [3.8, 4) is 0 Å². The summed E-state index contributed by atoms with van der Waals surface area (Å²) >= 11 is 0. The molecule has 2 aliphatic carbocycles. The second-order valence-electron chi connectivity index (χ2n) is 6.45. The van der Waals surface area contributed by atoms with E-state index in [0.717, 1.165) is 12.8 Å². The molecule has 0 aliphatic heterocycles. The highest BCUT2D eigenvalue weighted by Gasteiger charge is 2.62. The number of ether oxygens (including phenoxy) is 1. The van der Waals surface area contributed by atoms with Gasteiger partial charge in [0.1, 0.15) is 11.7 Å². The van der Waals surface area contributed by atoms with E-state index < -0.39 is 11.9 Å². The predicted molar refractivity (Wildman–Crippen MR) is 67.1 cm³/mol. The number of hydrogen-bond acceptors (Lipinski definition) is 4. The molecule has 0 radical (unpaired) electrons. The van der Waals surface area contributed by atoms with Gasteiger partial charge in [-0.25, -0.2) is 4.79 Å². The van der Waals surface area contributed by atoms with Crippen LogP contribution in [0.5, 0.6) is 0 Å². The van der Waals surface area contributed by atoms with Gasteiger partial charge in [0, 0.05) is 5.41 Å². The molecule has 4 heteroatoms. The monoisotopic (exact) mass is 254 g/mol. The van der Waals surface area contributed by atoms with Crippen LogP contribution >= 0.6 is 0 Å². The van der Waals surface area contributed by atoms with Crippen LogP contribution in [0.1, 0.15) is 47.0 Å². The van der Waals surface area contributed by atoms with Crippen LogP contribution in [-0.4, -0.2) is 22.3 Å². The highest BCUT2D eigenvalue weighted by atomic mass is 16.5. The molecule has 1 unspecified atom stereocenters. The maximum Gasteiger partial charge on any atom is 0.341 e. The van der Waals surface area contributed by atoms with Crippen LogP contribution < -0.4 is 0 Å². The molecule has 0 aromatic carbocycles. The summed E-state index contributed by atoms with van der Waals surface area (Å²) in [6, 6.07) is 0. The standard InChI is InChI=1S/C14H22O4/c1-8(11(15)16)12(17)18-10-7-9-5-6-14(10,4)13(9,2)3/h9-10,15-16H,5-7H2,1-4H3/t9-,10?,14-/m1/s1. The number of rotatable bonds is 2. The van der Waals surface area contributed by atoms with E-state index in [1.807, 2.05) is 0 Å². The number of hydrogen-bond donors (Lipinski definition) is 2. The van der Waals surface area contributed by atoms with Crippen LogP contribution in [0.4, 0.5) is 0 Å². The van der Waals surface area contributed by atoms with Crippen molar-refractivity contribution in [2.24, 2.45) is 16.7 Å². The van der Waals surface area contributed by atoms with Crippen molar-refractivity contribution in [1.82, 2.24) is 0 Å². The highest BCUT2D eigenvalue weighted by molar-refractivity contribution is 5.88. The molecule has 0 aromatic rings. The molecule has 102 valence electrons. The van der Waals surface area contributed by atoms with Crippen molar-refractivity contribution < 1.29 is 19.7 Å². The third kappa shape index (κ3) is 1.62. The Hall–Kier alpha value is -1.19. The third-order valence-electron chi connectivity index (χ3n) is 5.60. The van der Waals surface area contributed by atoms with E-state index in [1.54, 1.807) is 0 Å². The number of aliphatic hydroxyl groups excluding tert-OH is 1. The highest BCUT2D eigenvalue weighted by Crippen LogP contribution is 2.66. The van der Waals surface area contributed by atoms with E-state index >= 15 is 0 Å². The molecule has 0 saturated heterocycles. The Balaban J connectivity index is 2.15. The van der Waals surface area contributed by atoms with Crippen LogP contribution in [0, 0.1) is 16.7 Å². The Bertz CT molecular complexity index is 406. The van der Waals surface area contributed by atoms with Gasteiger partial charge in [0.15, 0.2) is 0 Å². The summed E-state index contributed by atoms with van der Waals surface area (Å²) in [5.41, 5.74) is 0.0503. The zero-order chi connectivity index (χ0) is 13.7. The number of carbonyl (C=O) groups excluding carboxylic acids is 1. The Labute approximate surface area is 108 Å². The summed E-state index contributed by atoms with van der Waals surface area (Å²) in [5, 5.41) is 17.8. The molecule has 2 saturated carbocycles. The minimum absolute atomic E-state index is 0.00131. The Morgan fingerprint density at radius 2 is 1.89 bits per heavy atom. The van der Waals surface area contributed by atoms with Gasteiger partial charge in [-0.3, -0.25) is 0 Å². The lowest BCUT2D eigenvalue weighted by molar-refractivity contribution is -0.152. The number of carbonyl (C=O) groups is 1. The van der Waals surface area contributed by atoms with Gasteiger partial charge in [0.2, 0.25) is 0 Å². The Morgan fingerprint density at radius 3 is 2.28 bits per heavy atom. The predicted octanol–water partition coefficient (Wildman–Crippen LogP) is 3.09. The minimum Gasteiger partial charge on any atom is -0.481 e. The van der Waals surface area contributed by atoms with Crippen molar-refractivity contribution in [2.45, 2.75) is 53.1 Å². The van der Waals surface area contributed by atoms with E-state index in [2.05, 4.69) is 20.8 Å². The molecule has 2 N–H and O–H groups in total. The number of aliphatic hydroxyl groups is 2. The van der Waals surface area contributed by atoms with E-state index in [1.165, 1.54) is 13.3 Å². The van der Waals surface area contributed by atoms with E-state index in [9.17, 15) is 4.79 Å². The van der Waals surface area contributed by atoms with Gasteiger partial charge >= 0.3 is 5.97 Å². The fraction of sp³-hybridized carbons (Fsp3) is 0.786. The number of esters is 1. The van der Waals surface area contributed by atoms with E-state index in [0.29, 0.717) is 5.92 Å². The van der Waals surface area contributed by atoms with Crippen LogP contribution in [-0.2, 0) is 9.53 Å². The molecule has 4 nitrogen and oxygen atoms in total. The summed E-state index contributed by atoms with van der Waals surface area (Å²) in [4.78, 5) is 11.8. The van der Waals surface area contributed by atoms with Gasteiger partial charge in [0.25, 0.3) is 5.95 Å². The third-order valence-corrected chi connectivity index (χ3v) is 5.60. The first kappa shape index (κ1) is 13.2. The average molecular weight is 254 g/mol. The molecule has 0 aromatic heterocycles. The van der Waals surface area contributed by atoms with Gasteiger partial charge in [-0.15, -0.1) is 0 Å². The molecule has 2 rings (SSSR count). The summed E-state index contributed by atoms with van der Waals surface area (Å²) in [7, 11) is 0. The summed E-state index contributed by atoms with van der Waals surface area (Å²) in [6.45, 7) is 8.02. The zero-order valence-electron chi connectivity index (χ0n) is 11.5. The van der Waals surface area contributed by atoms with Crippen LogP contribution in [0.25, 0.3) is 0 Å². The van der Waals surface area contributed by atoms with Gasteiger partial charge < -0.3 is 14.9 Å². The first-order valence-electron chi connectivity index (χ1n) is 6.50. The molecule has 2 bridgehead atoms. The minimum atomic E-state index is -0.951. The maximum absolute atomic E-state index is 11.8. The average Bonchev–Trinajstić information content (AvgIpc) is 2.60. The van der Waals surface area contributed by atoms with Crippen molar-refractivity contribution in [3.05, 3.63) is 11.5 Å². The van der Waals surface area contributed by atoms with Crippen LogP contribution in [0.2, 0.25) is 0 Å². The fourth-order valence-corrected chi connectivity index (χ4v) is 3.62. The molecule has 0 amide bonds. The van der Waals surface area contributed by atoms with Crippen LogP contribution in [0.3, 0.4) is 0 Å². The molecule has 0 heterocycles. The lowest BCUT2D eigenvalue weighted by atomic mass is 9.70. The van der Waals surface area contributed by atoms with Gasteiger partial charge in [0.05, 0.1) is 0 Å². The van der Waals surface area contributed by atoms with Gasteiger partial charge in [-0.05, 0) is 37.5 Å². The molecular weight excluding hydrogens is 232 g/mol. The molecule has 18 heavy (non-hydrogen) atoms. The molecule has 0 spiro atoms. The quantitative estimate of drug-likeness (QED) is 0.451. The largest absolute Gasteiger partial charge is 0.481 e. The lowest BCUT2D eigenvalue weighted by Gasteiger charge is -2.38. The molecule has 2 fully saturated rings. The second-order valence-corrected chi connectivity index (χ2v) is 6.45. The van der Waals surface area contributed by atoms with Crippen molar-refractivity contribution >= 4 is 5.97 Å². The van der Waals surface area contributed by atoms with Gasteiger partial charge in [-0.1, -0.05) is 20.8 Å². The smallest absolute Gasteiger partial charge is 0.341 e. The first-order chi connectivity index (χ1) is 8.20. The summed E-state index contributed by atoms with van der Waals surface area (Å²) in [5.74, 6) is -0.982.